The Morgan fingerprint density at radius 2 is 2.07 bits per heavy atom. The molecule has 0 atom stereocenters. The molecule has 1 fully saturated rings. The molecule has 0 radical (unpaired) electrons. The van der Waals surface area contributed by atoms with Crippen LogP contribution in [0.25, 0.3) is 0 Å². The van der Waals surface area contributed by atoms with Crippen LogP contribution < -0.4 is 5.32 Å². The number of amides is 1. The number of piperidine rings is 1. The number of aromatic nitrogens is 3. The lowest BCUT2D eigenvalue weighted by Gasteiger charge is -2.30. The van der Waals surface area contributed by atoms with Crippen LogP contribution in [0.2, 0.25) is 0 Å². The van der Waals surface area contributed by atoms with Gasteiger partial charge >= 0.3 is 5.97 Å². The van der Waals surface area contributed by atoms with Crippen LogP contribution in [0.3, 0.4) is 0 Å². The summed E-state index contributed by atoms with van der Waals surface area (Å²) in [5, 5.41) is 9.40. The Labute approximate surface area is 174 Å². The number of nitrogens with zero attached hydrogens (tertiary/aromatic N) is 3. The Balaban J connectivity index is 1.45. The SMILES string of the molecule is CCOC(=O)c1n[nH]c(C2CCN(S(=O)(=O)c3ccc4c(c3)C(=O)NCC4)CC2)n1. The van der Waals surface area contributed by atoms with Crippen molar-refractivity contribution < 1.29 is 22.7 Å². The predicted molar refractivity (Wildman–Crippen MR) is 106 cm³/mol. The summed E-state index contributed by atoms with van der Waals surface area (Å²) in [6.07, 6.45) is 1.78. The number of nitrogens with one attached hydrogen (secondary N) is 2. The molecule has 1 amide bonds. The van der Waals surface area contributed by atoms with Crippen LogP contribution in [0.4, 0.5) is 0 Å². The molecule has 1 saturated heterocycles. The van der Waals surface area contributed by atoms with E-state index in [1.54, 1.807) is 19.1 Å². The summed E-state index contributed by atoms with van der Waals surface area (Å²) in [7, 11) is -3.71. The van der Waals surface area contributed by atoms with Gasteiger partial charge in [-0.1, -0.05) is 6.07 Å². The topological polar surface area (TPSA) is 134 Å². The lowest BCUT2D eigenvalue weighted by molar-refractivity contribution is 0.0512. The highest BCUT2D eigenvalue weighted by atomic mass is 32.2. The third-order valence-electron chi connectivity index (χ3n) is 5.44. The maximum atomic E-state index is 13.1. The van der Waals surface area contributed by atoms with Crippen molar-refractivity contribution in [1.82, 2.24) is 24.8 Å². The fraction of sp³-hybridized carbons (Fsp3) is 0.474. The number of fused-ring (bicyclic) bond motifs is 1. The molecule has 2 aliphatic heterocycles. The monoisotopic (exact) mass is 433 g/mol. The summed E-state index contributed by atoms with van der Waals surface area (Å²) in [4.78, 5) is 28.1. The second kappa shape index (κ2) is 8.15. The molecule has 4 rings (SSSR count). The van der Waals surface area contributed by atoms with Gasteiger partial charge < -0.3 is 10.1 Å². The van der Waals surface area contributed by atoms with Crippen molar-refractivity contribution in [2.75, 3.05) is 26.2 Å². The number of esters is 1. The molecule has 160 valence electrons. The average Bonchev–Trinajstić information content (AvgIpc) is 3.24. The van der Waals surface area contributed by atoms with E-state index >= 15 is 0 Å². The Bertz CT molecular complexity index is 1070. The zero-order valence-corrected chi connectivity index (χ0v) is 17.4. The quantitative estimate of drug-likeness (QED) is 0.667. The van der Waals surface area contributed by atoms with Gasteiger partial charge in [0.15, 0.2) is 0 Å². The van der Waals surface area contributed by atoms with Gasteiger partial charge in [0.1, 0.15) is 5.82 Å². The molecule has 0 unspecified atom stereocenters. The molecule has 2 aromatic rings. The first kappa shape index (κ1) is 20.5. The van der Waals surface area contributed by atoms with Crippen molar-refractivity contribution >= 4 is 21.9 Å². The molecule has 0 aliphatic carbocycles. The molecular formula is C19H23N5O5S. The third kappa shape index (κ3) is 3.82. The Morgan fingerprint density at radius 3 is 2.80 bits per heavy atom. The number of hydrogen-bond donors (Lipinski definition) is 2. The highest BCUT2D eigenvalue weighted by molar-refractivity contribution is 7.89. The van der Waals surface area contributed by atoms with Crippen LogP contribution in [0, 0.1) is 0 Å². The zero-order chi connectivity index (χ0) is 21.3. The Morgan fingerprint density at radius 1 is 1.30 bits per heavy atom. The second-order valence-electron chi connectivity index (χ2n) is 7.27. The first-order valence-corrected chi connectivity index (χ1v) is 11.3. The first-order chi connectivity index (χ1) is 14.4. The second-order valence-corrected chi connectivity index (χ2v) is 9.21. The molecule has 0 bridgehead atoms. The summed E-state index contributed by atoms with van der Waals surface area (Å²) in [5.41, 5.74) is 1.28. The number of aromatic amines is 1. The summed E-state index contributed by atoms with van der Waals surface area (Å²) >= 11 is 0. The van der Waals surface area contributed by atoms with E-state index in [0.717, 1.165) is 5.56 Å². The summed E-state index contributed by atoms with van der Waals surface area (Å²) in [5.74, 6) is -0.317. The molecule has 1 aromatic heterocycles. The third-order valence-corrected chi connectivity index (χ3v) is 7.34. The summed E-state index contributed by atoms with van der Waals surface area (Å²) in [6, 6.07) is 4.76. The van der Waals surface area contributed by atoms with E-state index in [4.69, 9.17) is 4.74 Å². The van der Waals surface area contributed by atoms with Crippen LogP contribution >= 0.6 is 0 Å². The minimum atomic E-state index is -3.71. The van der Waals surface area contributed by atoms with Gasteiger partial charge in [-0.15, -0.1) is 5.10 Å². The highest BCUT2D eigenvalue weighted by Crippen LogP contribution is 2.30. The van der Waals surface area contributed by atoms with Gasteiger partial charge in [-0.05, 0) is 43.9 Å². The maximum absolute atomic E-state index is 13.1. The van der Waals surface area contributed by atoms with Crippen molar-refractivity contribution in [3.63, 3.8) is 0 Å². The maximum Gasteiger partial charge on any atom is 0.378 e. The number of H-pyrrole nitrogens is 1. The number of carbonyl (C=O) groups excluding carboxylic acids is 2. The van der Waals surface area contributed by atoms with Crippen molar-refractivity contribution in [1.29, 1.82) is 0 Å². The van der Waals surface area contributed by atoms with Crippen LogP contribution in [-0.4, -0.2) is 66.0 Å². The van der Waals surface area contributed by atoms with Gasteiger partial charge in [0, 0.05) is 31.1 Å². The van der Waals surface area contributed by atoms with E-state index in [2.05, 4.69) is 20.5 Å². The average molecular weight is 433 g/mol. The number of carbonyl (C=O) groups is 2. The van der Waals surface area contributed by atoms with E-state index in [-0.39, 0.29) is 29.2 Å². The van der Waals surface area contributed by atoms with Gasteiger partial charge in [-0.3, -0.25) is 9.89 Å². The summed E-state index contributed by atoms with van der Waals surface area (Å²) in [6.45, 7) is 3.13. The fourth-order valence-corrected chi connectivity index (χ4v) is 5.31. The molecule has 3 heterocycles. The van der Waals surface area contributed by atoms with E-state index in [1.807, 2.05) is 0 Å². The molecule has 0 saturated carbocycles. The number of ether oxygens (including phenoxy) is 1. The van der Waals surface area contributed by atoms with Gasteiger partial charge in [-0.25, -0.2) is 18.2 Å². The van der Waals surface area contributed by atoms with Crippen LogP contribution in [0.5, 0.6) is 0 Å². The van der Waals surface area contributed by atoms with Gasteiger partial charge in [0.05, 0.1) is 11.5 Å². The number of sulfonamides is 1. The Kier molecular flexibility index (Phi) is 5.56. The van der Waals surface area contributed by atoms with Crippen LogP contribution in [0.15, 0.2) is 23.1 Å². The summed E-state index contributed by atoms with van der Waals surface area (Å²) < 4.78 is 32.5. The Hall–Kier alpha value is -2.79. The molecule has 10 nitrogen and oxygen atoms in total. The highest BCUT2D eigenvalue weighted by Gasteiger charge is 2.32. The lowest BCUT2D eigenvalue weighted by atomic mass is 9.98. The smallest absolute Gasteiger partial charge is 0.378 e. The number of rotatable bonds is 5. The fourth-order valence-electron chi connectivity index (χ4n) is 3.81. The van der Waals surface area contributed by atoms with E-state index < -0.39 is 16.0 Å². The minimum absolute atomic E-state index is 0.0192. The molecule has 2 N–H and O–H groups in total. The largest absolute Gasteiger partial charge is 0.460 e. The number of hydrogen-bond acceptors (Lipinski definition) is 7. The lowest BCUT2D eigenvalue weighted by Crippen LogP contribution is -2.38. The molecule has 1 aromatic carbocycles. The van der Waals surface area contributed by atoms with E-state index in [1.165, 1.54) is 10.4 Å². The molecular weight excluding hydrogens is 410 g/mol. The van der Waals surface area contributed by atoms with Crippen molar-refractivity contribution in [3.8, 4) is 0 Å². The van der Waals surface area contributed by atoms with Gasteiger partial charge in [-0.2, -0.15) is 4.31 Å². The number of benzene rings is 1. The first-order valence-electron chi connectivity index (χ1n) is 9.91. The molecule has 30 heavy (non-hydrogen) atoms. The van der Waals surface area contributed by atoms with Crippen molar-refractivity contribution in [2.24, 2.45) is 0 Å². The van der Waals surface area contributed by atoms with Gasteiger partial charge in [0.25, 0.3) is 11.7 Å². The normalized spacial score (nSPS) is 18.0. The minimum Gasteiger partial charge on any atom is -0.460 e. The molecule has 11 heteroatoms. The predicted octanol–water partition coefficient (Wildman–Crippen LogP) is 0.836. The van der Waals surface area contributed by atoms with Crippen molar-refractivity contribution in [2.45, 2.75) is 37.0 Å². The van der Waals surface area contributed by atoms with Gasteiger partial charge in [0.2, 0.25) is 10.0 Å². The van der Waals surface area contributed by atoms with E-state index in [0.29, 0.717) is 50.3 Å². The zero-order valence-electron chi connectivity index (χ0n) is 16.6. The molecule has 2 aliphatic rings. The van der Waals surface area contributed by atoms with Crippen LogP contribution in [-0.2, 0) is 21.2 Å². The molecule has 0 spiro atoms. The standard InChI is InChI=1S/C19H23N5O5S/c1-2-29-19(26)17-21-16(22-23-17)13-6-9-24(10-7-13)30(27,28)14-4-3-12-5-8-20-18(25)15(12)11-14/h3-4,11,13H,2,5-10H2,1H3,(H,20,25)(H,21,22,23). The van der Waals surface area contributed by atoms with E-state index in [9.17, 15) is 18.0 Å². The van der Waals surface area contributed by atoms with Crippen molar-refractivity contribution in [3.05, 3.63) is 41.0 Å². The van der Waals surface area contributed by atoms with Crippen LogP contribution in [0.1, 0.15) is 58.0 Å².